The lowest BCUT2D eigenvalue weighted by atomic mass is 9.88. The van der Waals surface area contributed by atoms with Crippen LogP contribution in [0.3, 0.4) is 0 Å². The standard InChI is InChI=1S/C21H33N3O4S/c1-16(2)29(27,28)22-15-7-6-10-20(25)23-18-11-13-19(14-12-18)24-21(26)17-8-4-3-5-9-17/h11-14,16-17,22H,3-10,15H2,1-2H3,(H,23,25)(H,24,26). The number of hydrogen-bond acceptors (Lipinski definition) is 4. The average Bonchev–Trinajstić information content (AvgIpc) is 2.69. The molecule has 0 radical (unpaired) electrons. The second-order valence-electron chi connectivity index (χ2n) is 7.89. The van der Waals surface area contributed by atoms with Gasteiger partial charge >= 0.3 is 0 Å². The molecule has 0 aliphatic heterocycles. The Morgan fingerprint density at radius 3 is 2.14 bits per heavy atom. The van der Waals surface area contributed by atoms with Crippen molar-refractivity contribution in [3.8, 4) is 0 Å². The van der Waals surface area contributed by atoms with Crippen molar-refractivity contribution in [3.05, 3.63) is 24.3 Å². The molecular weight excluding hydrogens is 390 g/mol. The van der Waals surface area contributed by atoms with Gasteiger partial charge in [-0.1, -0.05) is 19.3 Å². The summed E-state index contributed by atoms with van der Waals surface area (Å²) in [5.74, 6) is 0.0680. The molecule has 0 heterocycles. The monoisotopic (exact) mass is 423 g/mol. The van der Waals surface area contributed by atoms with Gasteiger partial charge in [0.2, 0.25) is 21.8 Å². The van der Waals surface area contributed by atoms with E-state index in [1.165, 1.54) is 6.42 Å². The molecule has 2 amide bonds. The van der Waals surface area contributed by atoms with Crippen molar-refractivity contribution in [2.45, 2.75) is 70.5 Å². The zero-order valence-electron chi connectivity index (χ0n) is 17.4. The van der Waals surface area contributed by atoms with E-state index in [1.54, 1.807) is 38.1 Å². The van der Waals surface area contributed by atoms with Gasteiger partial charge in [0.05, 0.1) is 5.25 Å². The molecule has 1 fully saturated rings. The Balaban J connectivity index is 1.68. The third kappa shape index (κ3) is 8.14. The first-order valence-electron chi connectivity index (χ1n) is 10.5. The first-order valence-corrected chi connectivity index (χ1v) is 12.0. The summed E-state index contributed by atoms with van der Waals surface area (Å²) < 4.78 is 25.8. The molecule has 7 nitrogen and oxygen atoms in total. The number of rotatable bonds is 10. The van der Waals surface area contributed by atoms with Gasteiger partial charge in [-0.05, 0) is 63.8 Å². The van der Waals surface area contributed by atoms with Crippen LogP contribution in [0.1, 0.15) is 65.2 Å². The maximum absolute atomic E-state index is 12.3. The van der Waals surface area contributed by atoms with Crippen LogP contribution in [0.15, 0.2) is 24.3 Å². The van der Waals surface area contributed by atoms with Crippen LogP contribution in [0.2, 0.25) is 0 Å². The maximum Gasteiger partial charge on any atom is 0.227 e. The molecule has 2 rings (SSSR count). The lowest BCUT2D eigenvalue weighted by molar-refractivity contribution is -0.120. The van der Waals surface area contributed by atoms with E-state index in [9.17, 15) is 18.0 Å². The molecule has 0 atom stereocenters. The normalized spacial score (nSPS) is 15.3. The van der Waals surface area contributed by atoms with Gasteiger partial charge in [0, 0.05) is 30.3 Å². The van der Waals surface area contributed by atoms with Crippen LogP contribution in [0.4, 0.5) is 11.4 Å². The van der Waals surface area contributed by atoms with E-state index < -0.39 is 15.3 Å². The molecular formula is C21H33N3O4S. The van der Waals surface area contributed by atoms with Crippen LogP contribution in [-0.4, -0.2) is 32.0 Å². The molecule has 8 heteroatoms. The molecule has 1 aliphatic carbocycles. The number of carbonyl (C=O) groups is 2. The van der Waals surface area contributed by atoms with Gasteiger partial charge in [-0.25, -0.2) is 13.1 Å². The number of unbranched alkanes of at least 4 members (excludes halogenated alkanes) is 1. The van der Waals surface area contributed by atoms with Crippen molar-refractivity contribution >= 4 is 33.2 Å². The predicted octanol–water partition coefficient (Wildman–Crippen LogP) is 3.64. The van der Waals surface area contributed by atoms with Crippen LogP contribution in [0.25, 0.3) is 0 Å². The van der Waals surface area contributed by atoms with E-state index in [4.69, 9.17) is 0 Å². The zero-order chi connectivity index (χ0) is 21.3. The molecule has 0 aromatic heterocycles. The molecule has 1 aromatic carbocycles. The third-order valence-electron chi connectivity index (χ3n) is 5.17. The topological polar surface area (TPSA) is 104 Å². The van der Waals surface area contributed by atoms with E-state index in [2.05, 4.69) is 15.4 Å². The van der Waals surface area contributed by atoms with E-state index in [0.717, 1.165) is 31.4 Å². The summed E-state index contributed by atoms with van der Waals surface area (Å²) in [7, 11) is -3.25. The van der Waals surface area contributed by atoms with Crippen molar-refractivity contribution < 1.29 is 18.0 Å². The molecule has 0 bridgehead atoms. The summed E-state index contributed by atoms with van der Waals surface area (Å²) in [5, 5.41) is 5.32. The van der Waals surface area contributed by atoms with Crippen LogP contribution < -0.4 is 15.4 Å². The fraction of sp³-hybridized carbons (Fsp3) is 0.619. The van der Waals surface area contributed by atoms with Crippen LogP contribution in [0.5, 0.6) is 0 Å². The van der Waals surface area contributed by atoms with Crippen molar-refractivity contribution in [1.29, 1.82) is 0 Å². The van der Waals surface area contributed by atoms with Crippen LogP contribution in [0, 0.1) is 5.92 Å². The molecule has 29 heavy (non-hydrogen) atoms. The van der Waals surface area contributed by atoms with Crippen molar-refractivity contribution in [2.24, 2.45) is 5.92 Å². The summed E-state index contributed by atoms with van der Waals surface area (Å²) in [6, 6.07) is 7.12. The minimum atomic E-state index is -3.25. The zero-order valence-corrected chi connectivity index (χ0v) is 18.2. The molecule has 1 saturated carbocycles. The second-order valence-corrected chi connectivity index (χ2v) is 10.2. The number of nitrogens with one attached hydrogen (secondary N) is 3. The largest absolute Gasteiger partial charge is 0.326 e. The quantitative estimate of drug-likeness (QED) is 0.500. The maximum atomic E-state index is 12.3. The SMILES string of the molecule is CC(C)S(=O)(=O)NCCCCC(=O)Nc1ccc(NC(=O)C2CCCCC2)cc1. The van der Waals surface area contributed by atoms with Gasteiger partial charge in [0.1, 0.15) is 0 Å². The van der Waals surface area contributed by atoms with Gasteiger partial charge in [0.25, 0.3) is 0 Å². The second kappa shape index (κ2) is 11.3. The van der Waals surface area contributed by atoms with Gasteiger partial charge in [-0.15, -0.1) is 0 Å². The Bertz CT molecular complexity index is 770. The van der Waals surface area contributed by atoms with E-state index >= 15 is 0 Å². The summed E-state index contributed by atoms with van der Waals surface area (Å²) >= 11 is 0. The van der Waals surface area contributed by atoms with Crippen molar-refractivity contribution in [3.63, 3.8) is 0 Å². The average molecular weight is 424 g/mol. The molecule has 3 N–H and O–H groups in total. The Morgan fingerprint density at radius 2 is 1.55 bits per heavy atom. The number of hydrogen-bond donors (Lipinski definition) is 3. The highest BCUT2D eigenvalue weighted by atomic mass is 32.2. The van der Waals surface area contributed by atoms with Crippen molar-refractivity contribution in [2.75, 3.05) is 17.2 Å². The summed E-state index contributed by atoms with van der Waals surface area (Å²) in [4.78, 5) is 24.3. The first kappa shape index (κ1) is 23.3. The molecule has 0 spiro atoms. The Morgan fingerprint density at radius 1 is 0.966 bits per heavy atom. The minimum absolute atomic E-state index is 0.0783. The number of amides is 2. The van der Waals surface area contributed by atoms with E-state index in [0.29, 0.717) is 31.5 Å². The summed E-state index contributed by atoms with van der Waals surface area (Å²) in [5.41, 5.74) is 1.40. The number of anilines is 2. The predicted molar refractivity (Wildman–Crippen MR) is 116 cm³/mol. The van der Waals surface area contributed by atoms with Gasteiger partial charge < -0.3 is 10.6 Å². The highest BCUT2D eigenvalue weighted by Crippen LogP contribution is 2.25. The molecule has 162 valence electrons. The number of benzene rings is 1. The highest BCUT2D eigenvalue weighted by molar-refractivity contribution is 7.90. The Kier molecular flexibility index (Phi) is 9.10. The molecule has 1 aromatic rings. The summed E-state index contributed by atoms with van der Waals surface area (Å²) in [6.07, 6.45) is 6.89. The lowest BCUT2D eigenvalue weighted by Gasteiger charge is -2.20. The Labute approximate surface area is 174 Å². The first-order chi connectivity index (χ1) is 13.8. The summed E-state index contributed by atoms with van der Waals surface area (Å²) in [6.45, 7) is 3.59. The van der Waals surface area contributed by atoms with E-state index in [-0.39, 0.29) is 17.7 Å². The lowest BCUT2D eigenvalue weighted by Crippen LogP contribution is -2.31. The smallest absolute Gasteiger partial charge is 0.227 e. The molecule has 0 saturated heterocycles. The third-order valence-corrected chi connectivity index (χ3v) is 7.01. The van der Waals surface area contributed by atoms with Gasteiger partial charge in [0.15, 0.2) is 0 Å². The van der Waals surface area contributed by atoms with Crippen LogP contribution >= 0.6 is 0 Å². The van der Waals surface area contributed by atoms with Gasteiger partial charge in [-0.2, -0.15) is 0 Å². The van der Waals surface area contributed by atoms with Crippen molar-refractivity contribution in [1.82, 2.24) is 4.72 Å². The molecule has 1 aliphatic rings. The highest BCUT2D eigenvalue weighted by Gasteiger charge is 2.21. The van der Waals surface area contributed by atoms with E-state index in [1.807, 2.05) is 0 Å². The van der Waals surface area contributed by atoms with Gasteiger partial charge in [-0.3, -0.25) is 9.59 Å². The van der Waals surface area contributed by atoms with Crippen LogP contribution in [-0.2, 0) is 19.6 Å². The molecule has 0 unspecified atom stereocenters. The number of sulfonamides is 1. The number of carbonyl (C=O) groups excluding carboxylic acids is 2. The Hall–Kier alpha value is -1.93. The fourth-order valence-corrected chi connectivity index (χ4v) is 4.02. The minimum Gasteiger partial charge on any atom is -0.326 e. The fourth-order valence-electron chi connectivity index (χ4n) is 3.26.